The van der Waals surface area contributed by atoms with Gasteiger partial charge in [-0.3, -0.25) is 4.79 Å². The van der Waals surface area contributed by atoms with Crippen LogP contribution in [0.4, 0.5) is 8.78 Å². The van der Waals surface area contributed by atoms with Crippen molar-refractivity contribution in [2.24, 2.45) is 0 Å². The van der Waals surface area contributed by atoms with Crippen molar-refractivity contribution in [3.63, 3.8) is 0 Å². The Hall–Kier alpha value is -1.69. The average molecular weight is 287 g/mol. The Bertz CT molecular complexity index is 438. The Morgan fingerprint density at radius 1 is 1.45 bits per heavy atom. The van der Waals surface area contributed by atoms with Crippen LogP contribution in [0.2, 0.25) is 0 Å². The zero-order valence-corrected chi connectivity index (χ0v) is 11.4. The highest BCUT2D eigenvalue weighted by Gasteiger charge is 2.06. The predicted molar refractivity (Wildman–Crippen MR) is 70.4 cm³/mol. The number of nitrogens with one attached hydrogen (secondary N) is 1. The van der Waals surface area contributed by atoms with E-state index in [0.29, 0.717) is 19.4 Å². The lowest BCUT2D eigenvalue weighted by Gasteiger charge is -2.08. The lowest BCUT2D eigenvalue weighted by Crippen LogP contribution is -2.26. The summed E-state index contributed by atoms with van der Waals surface area (Å²) in [6.07, 6.45) is 0.739. The van der Waals surface area contributed by atoms with Crippen LogP contribution in [-0.2, 0) is 4.79 Å². The third-order valence-corrected chi connectivity index (χ3v) is 2.58. The quantitative estimate of drug-likeness (QED) is 0.719. The molecule has 0 heterocycles. The second-order valence-corrected chi connectivity index (χ2v) is 4.51. The van der Waals surface area contributed by atoms with Crippen LogP contribution in [0.15, 0.2) is 18.2 Å². The maximum atomic E-state index is 13.2. The summed E-state index contributed by atoms with van der Waals surface area (Å²) in [4.78, 5) is 11.4. The number of hydrogen-bond acceptors (Lipinski definition) is 3. The van der Waals surface area contributed by atoms with E-state index in [0.717, 1.165) is 12.1 Å². The van der Waals surface area contributed by atoms with Crippen molar-refractivity contribution in [3.8, 4) is 5.75 Å². The third kappa shape index (κ3) is 6.47. The summed E-state index contributed by atoms with van der Waals surface area (Å²) in [5.74, 6) is -1.59. The highest BCUT2D eigenvalue weighted by molar-refractivity contribution is 5.75. The van der Waals surface area contributed by atoms with Gasteiger partial charge in [0.25, 0.3) is 0 Å². The van der Waals surface area contributed by atoms with Crippen LogP contribution >= 0.6 is 0 Å². The van der Waals surface area contributed by atoms with E-state index in [2.05, 4.69) is 5.32 Å². The normalized spacial score (nSPS) is 12.0. The molecule has 6 heteroatoms. The number of amides is 1. The fourth-order valence-corrected chi connectivity index (χ4v) is 1.52. The summed E-state index contributed by atoms with van der Waals surface area (Å²) in [7, 11) is 0. The van der Waals surface area contributed by atoms with Gasteiger partial charge in [0, 0.05) is 19.0 Å². The fraction of sp³-hybridized carbons (Fsp3) is 0.500. The zero-order valence-electron chi connectivity index (χ0n) is 11.4. The molecular weight excluding hydrogens is 268 g/mol. The molecule has 0 aliphatic rings. The summed E-state index contributed by atoms with van der Waals surface area (Å²) in [6, 6.07) is 3.08. The van der Waals surface area contributed by atoms with Crippen molar-refractivity contribution in [3.05, 3.63) is 29.8 Å². The molecule has 2 N–H and O–H groups in total. The maximum absolute atomic E-state index is 13.2. The first-order valence-corrected chi connectivity index (χ1v) is 6.51. The van der Waals surface area contributed by atoms with Crippen LogP contribution < -0.4 is 10.1 Å². The molecule has 1 atom stereocenters. The molecule has 1 unspecified atom stereocenters. The van der Waals surface area contributed by atoms with Crippen LogP contribution in [-0.4, -0.2) is 30.3 Å². The monoisotopic (exact) mass is 287 g/mol. The molecule has 0 radical (unpaired) electrons. The minimum Gasteiger partial charge on any atom is -0.491 e. The van der Waals surface area contributed by atoms with E-state index in [1.165, 1.54) is 6.07 Å². The molecular formula is C14H19F2NO3. The topological polar surface area (TPSA) is 58.6 Å². The first-order chi connectivity index (χ1) is 9.49. The number of hydrogen-bond donors (Lipinski definition) is 2. The minimum absolute atomic E-state index is 0.0269. The van der Waals surface area contributed by atoms with Crippen molar-refractivity contribution in [2.75, 3.05) is 13.2 Å². The van der Waals surface area contributed by atoms with Gasteiger partial charge in [0.1, 0.15) is 5.82 Å². The van der Waals surface area contributed by atoms with Gasteiger partial charge in [-0.15, -0.1) is 0 Å². The second kappa shape index (κ2) is 8.47. The van der Waals surface area contributed by atoms with Crippen molar-refractivity contribution in [1.29, 1.82) is 0 Å². The molecule has 4 nitrogen and oxygen atoms in total. The molecule has 1 aromatic carbocycles. The highest BCUT2D eigenvalue weighted by Crippen LogP contribution is 2.17. The number of aliphatic hydroxyl groups is 1. The number of halogens is 2. The molecule has 0 saturated heterocycles. The van der Waals surface area contributed by atoms with Crippen molar-refractivity contribution >= 4 is 5.91 Å². The molecule has 0 bridgehead atoms. The summed E-state index contributed by atoms with van der Waals surface area (Å²) in [5.41, 5.74) is 0. The number of rotatable bonds is 8. The van der Waals surface area contributed by atoms with Crippen LogP contribution in [0.25, 0.3) is 0 Å². The average Bonchev–Trinajstić information content (AvgIpc) is 2.36. The Kier molecular flexibility index (Phi) is 6.93. The summed E-state index contributed by atoms with van der Waals surface area (Å²) in [5, 5.41) is 11.7. The van der Waals surface area contributed by atoms with E-state index in [1.807, 2.05) is 0 Å². The van der Waals surface area contributed by atoms with Gasteiger partial charge in [0.2, 0.25) is 5.91 Å². The van der Waals surface area contributed by atoms with Crippen molar-refractivity contribution in [1.82, 2.24) is 5.32 Å². The molecule has 1 amide bonds. The van der Waals surface area contributed by atoms with Gasteiger partial charge in [0.05, 0.1) is 12.7 Å². The first kappa shape index (κ1) is 16.4. The number of benzene rings is 1. The Labute approximate surface area is 116 Å². The predicted octanol–water partition coefficient (Wildman–Crippen LogP) is 2.01. The van der Waals surface area contributed by atoms with Gasteiger partial charge < -0.3 is 15.2 Å². The summed E-state index contributed by atoms with van der Waals surface area (Å²) < 4.78 is 31.0. The molecule has 0 fully saturated rings. The SMILES string of the molecule is CC(O)CCNC(=O)CCCOc1ccc(F)cc1F. The molecule has 1 aromatic rings. The van der Waals surface area contributed by atoms with E-state index in [-0.39, 0.29) is 24.7 Å². The Morgan fingerprint density at radius 3 is 2.85 bits per heavy atom. The van der Waals surface area contributed by atoms with Gasteiger partial charge in [-0.05, 0) is 31.9 Å². The number of aliphatic hydroxyl groups excluding tert-OH is 1. The number of carbonyl (C=O) groups excluding carboxylic acids is 1. The van der Waals surface area contributed by atoms with Crippen LogP contribution in [0.3, 0.4) is 0 Å². The highest BCUT2D eigenvalue weighted by atomic mass is 19.1. The first-order valence-electron chi connectivity index (χ1n) is 6.51. The lowest BCUT2D eigenvalue weighted by molar-refractivity contribution is -0.121. The van der Waals surface area contributed by atoms with Crippen LogP contribution in [0.5, 0.6) is 5.75 Å². The molecule has 0 aliphatic heterocycles. The third-order valence-electron chi connectivity index (χ3n) is 2.58. The molecule has 112 valence electrons. The van der Waals surface area contributed by atoms with Gasteiger partial charge in [-0.25, -0.2) is 8.78 Å². The van der Waals surface area contributed by atoms with Gasteiger partial charge in [-0.2, -0.15) is 0 Å². The Balaban J connectivity index is 2.16. The second-order valence-electron chi connectivity index (χ2n) is 4.51. The Morgan fingerprint density at radius 2 is 2.20 bits per heavy atom. The largest absolute Gasteiger partial charge is 0.491 e. The van der Waals surface area contributed by atoms with E-state index in [9.17, 15) is 13.6 Å². The number of carbonyl (C=O) groups is 1. The van der Waals surface area contributed by atoms with Gasteiger partial charge >= 0.3 is 0 Å². The van der Waals surface area contributed by atoms with E-state index < -0.39 is 17.7 Å². The van der Waals surface area contributed by atoms with Gasteiger partial charge in [-0.1, -0.05) is 0 Å². The molecule has 1 rings (SSSR count). The molecule has 0 spiro atoms. The van der Waals surface area contributed by atoms with Gasteiger partial charge in [0.15, 0.2) is 11.6 Å². The summed E-state index contributed by atoms with van der Waals surface area (Å²) >= 11 is 0. The summed E-state index contributed by atoms with van der Waals surface area (Å²) in [6.45, 7) is 2.24. The van der Waals surface area contributed by atoms with Crippen LogP contribution in [0, 0.1) is 11.6 Å². The van der Waals surface area contributed by atoms with E-state index >= 15 is 0 Å². The number of ether oxygens (including phenoxy) is 1. The van der Waals surface area contributed by atoms with Crippen molar-refractivity contribution < 1.29 is 23.4 Å². The fourth-order valence-electron chi connectivity index (χ4n) is 1.52. The maximum Gasteiger partial charge on any atom is 0.220 e. The van der Waals surface area contributed by atoms with Crippen LogP contribution in [0.1, 0.15) is 26.2 Å². The lowest BCUT2D eigenvalue weighted by atomic mass is 10.2. The molecule has 0 aliphatic carbocycles. The van der Waals surface area contributed by atoms with Crippen molar-refractivity contribution in [2.45, 2.75) is 32.3 Å². The standard InChI is InChI=1S/C14H19F2NO3/c1-10(18)6-7-17-14(19)3-2-8-20-13-5-4-11(15)9-12(13)16/h4-5,9-10,18H,2-3,6-8H2,1H3,(H,17,19). The van der Waals surface area contributed by atoms with E-state index in [1.54, 1.807) is 6.92 Å². The van der Waals surface area contributed by atoms with E-state index in [4.69, 9.17) is 9.84 Å². The smallest absolute Gasteiger partial charge is 0.220 e. The minimum atomic E-state index is -0.758. The molecule has 0 saturated carbocycles. The zero-order chi connectivity index (χ0) is 15.0. The molecule has 0 aromatic heterocycles. The molecule has 20 heavy (non-hydrogen) atoms.